The van der Waals surface area contributed by atoms with Crippen molar-refractivity contribution in [2.75, 3.05) is 19.8 Å². The maximum absolute atomic E-state index is 5.11. The molecule has 3 nitrogen and oxygen atoms in total. The molecule has 0 radical (unpaired) electrons. The van der Waals surface area contributed by atoms with Crippen LogP contribution in [-0.2, 0) is 4.74 Å². The lowest BCUT2D eigenvalue weighted by Gasteiger charge is -2.05. The Labute approximate surface area is 74.6 Å². The zero-order valence-electron chi connectivity index (χ0n) is 7.52. The fraction of sp³-hybridized carbons (Fsp3) is 0.500. The van der Waals surface area contributed by atoms with Crippen LogP contribution in [0, 0.1) is 12.0 Å². The number of nitrogens with one attached hydrogen (secondary N) is 1. The second kappa shape index (κ2) is 8.03. The number of hydrogen-bond donors (Lipinski definition) is 2. The molecule has 12 heavy (non-hydrogen) atoms. The molecule has 0 rings (SSSR count). The molecule has 0 aliphatic heterocycles. The molecule has 0 atom stereocenters. The van der Waals surface area contributed by atoms with E-state index >= 15 is 0 Å². The second-order valence-electron chi connectivity index (χ2n) is 2.26. The van der Waals surface area contributed by atoms with Gasteiger partial charge in [-0.2, -0.15) is 0 Å². The summed E-state index contributed by atoms with van der Waals surface area (Å²) >= 11 is 0. The molecule has 0 unspecified atom stereocenters. The lowest BCUT2D eigenvalue weighted by molar-refractivity contribution is 0.171. The summed E-state index contributed by atoms with van der Waals surface area (Å²) in [7, 11) is 0.947. The Balaban J connectivity index is 3.09. The van der Waals surface area contributed by atoms with Crippen molar-refractivity contribution in [3.05, 3.63) is 12.2 Å². The maximum atomic E-state index is 5.11. The fourth-order valence-electron chi connectivity index (χ4n) is 0.590. The third kappa shape index (κ3) is 7.04. The number of hydrogen-bond acceptors (Lipinski definition) is 3. The van der Waals surface area contributed by atoms with Gasteiger partial charge in [0.2, 0.25) is 0 Å². The SMILES string of the molecule is C=C(BC)NCCOCC#CN. The first kappa shape index (κ1) is 10.9. The molecule has 0 aromatic carbocycles. The molecular weight excluding hydrogens is 151 g/mol. The van der Waals surface area contributed by atoms with E-state index < -0.39 is 0 Å². The van der Waals surface area contributed by atoms with Crippen LogP contribution in [0.15, 0.2) is 12.2 Å². The Kier molecular flexibility index (Phi) is 7.31. The van der Waals surface area contributed by atoms with Crippen molar-refractivity contribution in [3.8, 4) is 12.0 Å². The van der Waals surface area contributed by atoms with Gasteiger partial charge < -0.3 is 15.8 Å². The van der Waals surface area contributed by atoms with Crippen LogP contribution < -0.4 is 11.1 Å². The van der Waals surface area contributed by atoms with Crippen LogP contribution in [0.1, 0.15) is 0 Å². The summed E-state index contributed by atoms with van der Waals surface area (Å²) in [6, 6.07) is 2.27. The van der Waals surface area contributed by atoms with Crippen molar-refractivity contribution in [1.29, 1.82) is 0 Å². The molecule has 0 bridgehead atoms. The first-order chi connectivity index (χ1) is 5.81. The third-order valence-electron chi connectivity index (χ3n) is 1.32. The van der Waals surface area contributed by atoms with E-state index in [1.165, 1.54) is 0 Å². The van der Waals surface area contributed by atoms with Crippen molar-refractivity contribution >= 4 is 7.28 Å². The summed E-state index contributed by atoms with van der Waals surface area (Å²) in [6.07, 6.45) is 0. The molecule has 0 saturated heterocycles. The summed E-state index contributed by atoms with van der Waals surface area (Å²) in [5, 5.41) is 3.11. The first-order valence-corrected chi connectivity index (χ1v) is 3.99. The van der Waals surface area contributed by atoms with Gasteiger partial charge in [0.15, 0.2) is 7.28 Å². The Morgan fingerprint density at radius 2 is 2.50 bits per heavy atom. The van der Waals surface area contributed by atoms with E-state index in [4.69, 9.17) is 10.5 Å². The van der Waals surface area contributed by atoms with E-state index in [2.05, 4.69) is 30.7 Å². The largest absolute Gasteiger partial charge is 0.395 e. The van der Waals surface area contributed by atoms with Crippen molar-refractivity contribution in [3.63, 3.8) is 0 Å². The lowest BCUT2D eigenvalue weighted by Crippen LogP contribution is -2.21. The molecule has 0 fully saturated rings. The monoisotopic (exact) mass is 166 g/mol. The number of rotatable bonds is 6. The smallest absolute Gasteiger partial charge is 0.174 e. The summed E-state index contributed by atoms with van der Waals surface area (Å²) in [6.45, 7) is 7.65. The van der Waals surface area contributed by atoms with Crippen LogP contribution in [0.4, 0.5) is 0 Å². The van der Waals surface area contributed by atoms with Gasteiger partial charge in [-0.05, 0) is 5.60 Å². The van der Waals surface area contributed by atoms with E-state index in [0.717, 1.165) is 19.4 Å². The van der Waals surface area contributed by atoms with Crippen LogP contribution in [0.3, 0.4) is 0 Å². The van der Waals surface area contributed by atoms with Gasteiger partial charge in [-0.25, -0.2) is 0 Å². The summed E-state index contributed by atoms with van der Waals surface area (Å²) in [4.78, 5) is 0. The highest BCUT2D eigenvalue weighted by Crippen LogP contribution is 1.78. The van der Waals surface area contributed by atoms with E-state index in [0.29, 0.717) is 13.2 Å². The van der Waals surface area contributed by atoms with Crippen LogP contribution in [0.2, 0.25) is 6.82 Å². The van der Waals surface area contributed by atoms with Gasteiger partial charge in [-0.1, -0.05) is 19.3 Å². The average Bonchev–Trinajstić information content (AvgIpc) is 2.10. The summed E-state index contributed by atoms with van der Waals surface area (Å²) < 4.78 is 5.11. The molecule has 0 spiro atoms. The van der Waals surface area contributed by atoms with Crippen molar-refractivity contribution < 1.29 is 4.74 Å². The fourth-order valence-corrected chi connectivity index (χ4v) is 0.590. The Morgan fingerprint density at radius 3 is 3.08 bits per heavy atom. The Hall–Kier alpha value is -1.08. The standard InChI is InChI=1S/C8H15BN2O/c1-8(9-2)11-5-7-12-6-3-4-10/h9,11H,1,5-7,10H2,2H3. The van der Waals surface area contributed by atoms with Gasteiger partial charge in [-0.3, -0.25) is 0 Å². The van der Waals surface area contributed by atoms with Crippen LogP contribution in [0.25, 0.3) is 0 Å². The quantitative estimate of drug-likeness (QED) is 0.241. The van der Waals surface area contributed by atoms with Crippen molar-refractivity contribution in [1.82, 2.24) is 5.32 Å². The number of nitrogens with two attached hydrogens (primary N) is 1. The Morgan fingerprint density at radius 1 is 1.75 bits per heavy atom. The second-order valence-corrected chi connectivity index (χ2v) is 2.26. The van der Waals surface area contributed by atoms with Gasteiger partial charge in [-0.15, -0.1) is 0 Å². The van der Waals surface area contributed by atoms with Crippen molar-refractivity contribution in [2.45, 2.75) is 6.82 Å². The van der Waals surface area contributed by atoms with Gasteiger partial charge >= 0.3 is 0 Å². The normalized spacial score (nSPS) is 8.08. The third-order valence-corrected chi connectivity index (χ3v) is 1.32. The van der Waals surface area contributed by atoms with Crippen molar-refractivity contribution in [2.24, 2.45) is 5.73 Å². The molecule has 0 aromatic heterocycles. The van der Waals surface area contributed by atoms with E-state index in [1.54, 1.807) is 0 Å². The zero-order valence-corrected chi connectivity index (χ0v) is 7.52. The minimum Gasteiger partial charge on any atom is -0.395 e. The minimum atomic E-state index is 0.400. The lowest BCUT2D eigenvalue weighted by atomic mass is 9.78. The first-order valence-electron chi connectivity index (χ1n) is 3.99. The molecule has 3 N–H and O–H groups in total. The van der Waals surface area contributed by atoms with Gasteiger partial charge in [0.1, 0.15) is 6.61 Å². The average molecular weight is 166 g/mol. The highest BCUT2D eigenvalue weighted by molar-refractivity contribution is 6.42. The van der Waals surface area contributed by atoms with Gasteiger partial charge in [0.25, 0.3) is 0 Å². The summed E-state index contributed by atoms with van der Waals surface area (Å²) in [5.74, 6) is 2.61. The van der Waals surface area contributed by atoms with Gasteiger partial charge in [0, 0.05) is 12.6 Å². The molecule has 0 aliphatic carbocycles. The molecule has 66 valence electrons. The predicted octanol–water partition coefficient (Wildman–Crippen LogP) is -0.532. The molecule has 0 amide bonds. The van der Waals surface area contributed by atoms with E-state index in [1.807, 2.05) is 0 Å². The van der Waals surface area contributed by atoms with Crippen LogP contribution in [-0.4, -0.2) is 27.0 Å². The van der Waals surface area contributed by atoms with Gasteiger partial charge in [0.05, 0.1) is 6.61 Å². The topological polar surface area (TPSA) is 47.3 Å². The highest BCUT2D eigenvalue weighted by atomic mass is 16.5. The molecule has 0 heterocycles. The van der Waals surface area contributed by atoms with Crippen LogP contribution in [0.5, 0.6) is 0 Å². The maximum Gasteiger partial charge on any atom is 0.174 e. The predicted molar refractivity (Wildman–Crippen MR) is 52.9 cm³/mol. The molecule has 0 saturated carbocycles. The van der Waals surface area contributed by atoms with E-state index in [9.17, 15) is 0 Å². The highest BCUT2D eigenvalue weighted by Gasteiger charge is 1.89. The van der Waals surface area contributed by atoms with E-state index in [-0.39, 0.29) is 0 Å². The summed E-state index contributed by atoms with van der Waals surface area (Å²) in [5.41, 5.74) is 5.97. The molecule has 0 aromatic rings. The Bertz CT molecular complexity index is 183. The zero-order chi connectivity index (χ0) is 9.23. The molecule has 0 aliphatic rings. The number of ether oxygens (including phenoxy) is 1. The minimum absolute atomic E-state index is 0.400. The molecular formula is C8H15BN2O. The van der Waals surface area contributed by atoms with Crippen LogP contribution >= 0.6 is 0 Å². The molecule has 4 heteroatoms.